The number of nitrogens with one attached hydrogen (secondary N) is 1. The first-order chi connectivity index (χ1) is 11.7. The highest BCUT2D eigenvalue weighted by Gasteiger charge is 2.19. The Morgan fingerprint density at radius 3 is 2.92 bits per heavy atom. The van der Waals surface area contributed by atoms with E-state index in [9.17, 15) is 4.79 Å². The Labute approximate surface area is 148 Å². The summed E-state index contributed by atoms with van der Waals surface area (Å²) < 4.78 is 7.29. The van der Waals surface area contributed by atoms with Gasteiger partial charge in [-0.15, -0.1) is 11.3 Å². The van der Waals surface area contributed by atoms with E-state index in [0.29, 0.717) is 10.5 Å². The number of aromatic nitrogens is 2. The van der Waals surface area contributed by atoms with Gasteiger partial charge in [-0.1, -0.05) is 12.5 Å². The van der Waals surface area contributed by atoms with E-state index < -0.39 is 0 Å². The third kappa shape index (κ3) is 2.50. The van der Waals surface area contributed by atoms with Crippen molar-refractivity contribution < 1.29 is 4.74 Å². The fourth-order valence-corrected chi connectivity index (χ4v) is 5.03. The lowest BCUT2D eigenvalue weighted by atomic mass is 10.1. The molecule has 2 heterocycles. The lowest BCUT2D eigenvalue weighted by Gasteiger charge is -2.09. The van der Waals surface area contributed by atoms with E-state index in [1.165, 1.54) is 23.3 Å². The molecule has 1 aromatic carbocycles. The van der Waals surface area contributed by atoms with Crippen molar-refractivity contribution in [3.8, 4) is 11.4 Å². The summed E-state index contributed by atoms with van der Waals surface area (Å²) in [5.74, 6) is 0.707. The predicted molar refractivity (Wildman–Crippen MR) is 100 cm³/mol. The van der Waals surface area contributed by atoms with Gasteiger partial charge in [-0.2, -0.15) is 0 Å². The van der Waals surface area contributed by atoms with Crippen LogP contribution in [0.2, 0.25) is 0 Å². The van der Waals surface area contributed by atoms with Gasteiger partial charge in [-0.25, -0.2) is 0 Å². The van der Waals surface area contributed by atoms with Gasteiger partial charge in [0.2, 0.25) is 0 Å². The number of ether oxygens (including phenoxy) is 1. The Bertz CT molecular complexity index is 1030. The van der Waals surface area contributed by atoms with E-state index in [1.54, 1.807) is 23.0 Å². The average Bonchev–Trinajstić information content (AvgIpc) is 2.76. The number of rotatable bonds is 2. The monoisotopic (exact) mass is 358 g/mol. The number of nitrogens with zero attached hydrogens (tertiary/aromatic N) is 1. The Balaban J connectivity index is 2.01. The van der Waals surface area contributed by atoms with Crippen LogP contribution in [0, 0.1) is 4.77 Å². The first kappa shape index (κ1) is 15.6. The molecule has 0 aliphatic heterocycles. The fraction of sp³-hybridized carbons (Fsp3) is 0.333. The van der Waals surface area contributed by atoms with Crippen LogP contribution in [0.25, 0.3) is 15.9 Å². The standard InChI is InChI=1S/C18H18N2O2S2/c1-22-12-7-5-6-11(10-12)20-17(21)15-13-8-3-2-4-9-14(13)24-16(15)19-18(20)23/h5-7,10H,2-4,8-9H2,1H3,(H,19,23). The number of aromatic amines is 1. The lowest BCUT2D eigenvalue weighted by molar-refractivity contribution is 0.414. The number of aryl methyl sites for hydroxylation is 2. The zero-order valence-corrected chi connectivity index (χ0v) is 15.1. The van der Waals surface area contributed by atoms with Crippen LogP contribution in [0.3, 0.4) is 0 Å². The highest BCUT2D eigenvalue weighted by Crippen LogP contribution is 2.33. The van der Waals surface area contributed by atoms with Crippen LogP contribution < -0.4 is 10.3 Å². The molecule has 0 unspecified atom stereocenters. The number of hydrogen-bond donors (Lipinski definition) is 1. The van der Waals surface area contributed by atoms with Crippen molar-refractivity contribution in [2.24, 2.45) is 0 Å². The molecule has 4 rings (SSSR count). The van der Waals surface area contributed by atoms with Crippen LogP contribution >= 0.6 is 23.6 Å². The van der Waals surface area contributed by atoms with Gasteiger partial charge in [-0.05, 0) is 55.6 Å². The molecule has 124 valence electrons. The summed E-state index contributed by atoms with van der Waals surface area (Å²) in [5.41, 5.74) is 1.93. The number of hydrogen-bond acceptors (Lipinski definition) is 4. The maximum atomic E-state index is 13.2. The Hall–Kier alpha value is -1.92. The number of fused-ring (bicyclic) bond motifs is 3. The van der Waals surface area contributed by atoms with Crippen LogP contribution in [-0.2, 0) is 12.8 Å². The fourth-order valence-electron chi connectivity index (χ4n) is 3.40. The van der Waals surface area contributed by atoms with Crippen LogP contribution in [0.5, 0.6) is 5.75 Å². The van der Waals surface area contributed by atoms with Gasteiger partial charge in [0.15, 0.2) is 4.77 Å². The molecular weight excluding hydrogens is 340 g/mol. The molecule has 4 nitrogen and oxygen atoms in total. The maximum Gasteiger partial charge on any atom is 0.267 e. The zero-order valence-electron chi connectivity index (χ0n) is 13.4. The van der Waals surface area contributed by atoms with Gasteiger partial charge in [0.25, 0.3) is 5.56 Å². The molecular formula is C18H18N2O2S2. The van der Waals surface area contributed by atoms with E-state index >= 15 is 0 Å². The van der Waals surface area contributed by atoms with Gasteiger partial charge in [-0.3, -0.25) is 9.36 Å². The van der Waals surface area contributed by atoms with Crippen molar-refractivity contribution in [3.63, 3.8) is 0 Å². The molecule has 2 aromatic heterocycles. The molecule has 0 spiro atoms. The Morgan fingerprint density at radius 1 is 1.25 bits per heavy atom. The molecule has 0 amide bonds. The molecule has 0 radical (unpaired) electrons. The molecule has 0 saturated heterocycles. The van der Waals surface area contributed by atoms with Gasteiger partial charge in [0.05, 0.1) is 18.2 Å². The van der Waals surface area contributed by atoms with E-state index in [4.69, 9.17) is 17.0 Å². The van der Waals surface area contributed by atoms with Crippen molar-refractivity contribution in [1.82, 2.24) is 9.55 Å². The van der Waals surface area contributed by atoms with Crippen molar-refractivity contribution in [2.75, 3.05) is 7.11 Å². The van der Waals surface area contributed by atoms with Crippen LogP contribution in [0.4, 0.5) is 0 Å². The number of H-pyrrole nitrogens is 1. The number of benzene rings is 1. The topological polar surface area (TPSA) is 47.0 Å². The molecule has 0 fully saturated rings. The van der Waals surface area contributed by atoms with E-state index in [-0.39, 0.29) is 5.56 Å². The third-order valence-electron chi connectivity index (χ3n) is 4.57. The number of thiophene rings is 1. The zero-order chi connectivity index (χ0) is 16.7. The Kier molecular flexibility index (Phi) is 4.02. The largest absolute Gasteiger partial charge is 0.497 e. The molecule has 3 aromatic rings. The van der Waals surface area contributed by atoms with Gasteiger partial charge < -0.3 is 9.72 Å². The van der Waals surface area contributed by atoms with Gasteiger partial charge >= 0.3 is 0 Å². The Morgan fingerprint density at radius 2 is 2.08 bits per heavy atom. The smallest absolute Gasteiger partial charge is 0.267 e. The summed E-state index contributed by atoms with van der Waals surface area (Å²) in [7, 11) is 1.62. The minimum atomic E-state index is -0.0265. The molecule has 6 heteroatoms. The van der Waals surface area contributed by atoms with E-state index in [0.717, 1.165) is 35.2 Å². The van der Waals surface area contributed by atoms with Crippen molar-refractivity contribution >= 4 is 33.8 Å². The molecule has 0 atom stereocenters. The third-order valence-corrected chi connectivity index (χ3v) is 6.07. The molecule has 0 bridgehead atoms. The van der Waals surface area contributed by atoms with Crippen molar-refractivity contribution in [1.29, 1.82) is 0 Å². The van der Waals surface area contributed by atoms with Crippen LogP contribution in [-0.4, -0.2) is 16.7 Å². The maximum absolute atomic E-state index is 13.2. The van der Waals surface area contributed by atoms with Crippen molar-refractivity contribution in [2.45, 2.75) is 32.1 Å². The molecule has 1 aliphatic carbocycles. The van der Waals surface area contributed by atoms with Crippen LogP contribution in [0.15, 0.2) is 29.1 Å². The van der Waals surface area contributed by atoms with Gasteiger partial charge in [0.1, 0.15) is 10.6 Å². The minimum Gasteiger partial charge on any atom is -0.497 e. The first-order valence-corrected chi connectivity index (χ1v) is 9.35. The minimum absolute atomic E-state index is 0.0265. The molecule has 1 aliphatic rings. The summed E-state index contributed by atoms with van der Waals surface area (Å²) in [6.07, 6.45) is 5.62. The molecule has 24 heavy (non-hydrogen) atoms. The molecule has 0 saturated carbocycles. The summed E-state index contributed by atoms with van der Waals surface area (Å²) in [6.45, 7) is 0. The van der Waals surface area contributed by atoms with E-state index in [2.05, 4.69) is 4.98 Å². The summed E-state index contributed by atoms with van der Waals surface area (Å²) in [6, 6.07) is 7.44. The SMILES string of the molecule is COc1cccc(-n2c(=S)[nH]c3sc4c(c3c2=O)CCCCC4)c1. The summed E-state index contributed by atoms with van der Waals surface area (Å²) in [5, 5.41) is 0.813. The predicted octanol–water partition coefficient (Wildman–Crippen LogP) is 4.39. The van der Waals surface area contributed by atoms with Gasteiger partial charge in [0, 0.05) is 10.9 Å². The summed E-state index contributed by atoms with van der Waals surface area (Å²) in [4.78, 5) is 18.8. The van der Waals surface area contributed by atoms with Crippen molar-refractivity contribution in [3.05, 3.63) is 49.8 Å². The van der Waals surface area contributed by atoms with E-state index in [1.807, 2.05) is 24.3 Å². The lowest BCUT2D eigenvalue weighted by Crippen LogP contribution is -2.20. The van der Waals surface area contributed by atoms with Crippen LogP contribution in [0.1, 0.15) is 29.7 Å². The second kappa shape index (κ2) is 6.18. The summed E-state index contributed by atoms with van der Waals surface area (Å²) >= 11 is 7.16. The highest BCUT2D eigenvalue weighted by molar-refractivity contribution is 7.71. The second-order valence-electron chi connectivity index (χ2n) is 6.04. The highest BCUT2D eigenvalue weighted by atomic mass is 32.1. The average molecular weight is 358 g/mol. The molecule has 1 N–H and O–H groups in total. The quantitative estimate of drug-likeness (QED) is 0.546. The normalized spacial score (nSPS) is 14.4. The number of methoxy groups -OCH3 is 1. The second-order valence-corrected chi connectivity index (χ2v) is 7.53. The first-order valence-electron chi connectivity index (χ1n) is 8.13.